The maximum absolute atomic E-state index is 12.6. The highest BCUT2D eigenvalue weighted by molar-refractivity contribution is 5.98. The van der Waals surface area contributed by atoms with Crippen molar-refractivity contribution < 1.29 is 4.79 Å². The molecule has 1 aromatic heterocycles. The van der Waals surface area contributed by atoms with Crippen LogP contribution in [-0.4, -0.2) is 53.4 Å². The van der Waals surface area contributed by atoms with E-state index in [-0.39, 0.29) is 5.91 Å². The molecule has 0 radical (unpaired) electrons. The Morgan fingerprint density at radius 1 is 1.35 bits per heavy atom. The van der Waals surface area contributed by atoms with Crippen LogP contribution in [-0.2, 0) is 0 Å². The lowest BCUT2D eigenvalue weighted by Gasteiger charge is -2.37. The smallest absolute Gasteiger partial charge is 0.270 e. The van der Waals surface area contributed by atoms with Crippen LogP contribution in [0.25, 0.3) is 10.9 Å². The van der Waals surface area contributed by atoms with Crippen molar-refractivity contribution in [2.24, 2.45) is 0 Å². The number of carbonyl (C=O) groups excluding carboxylic acids is 1. The molecular formula is C15H20N4O. The van der Waals surface area contributed by atoms with Gasteiger partial charge in [-0.15, -0.1) is 0 Å². The monoisotopic (exact) mass is 272 g/mol. The summed E-state index contributed by atoms with van der Waals surface area (Å²) in [5.74, 6) is 0.0692. The fraction of sp³-hybridized carbons (Fsp3) is 0.400. The molecule has 5 nitrogen and oxygen atoms in total. The highest BCUT2D eigenvalue weighted by Crippen LogP contribution is 2.20. The Hall–Kier alpha value is -2.01. The van der Waals surface area contributed by atoms with Gasteiger partial charge in [0.25, 0.3) is 5.91 Å². The molecule has 3 rings (SSSR count). The quantitative estimate of drug-likeness (QED) is 0.774. The first-order valence-corrected chi connectivity index (χ1v) is 6.92. The number of fused-ring (bicyclic) bond motifs is 1. The fourth-order valence-electron chi connectivity index (χ4n) is 2.67. The van der Waals surface area contributed by atoms with Crippen molar-refractivity contribution in [2.45, 2.75) is 13.0 Å². The molecule has 20 heavy (non-hydrogen) atoms. The minimum atomic E-state index is 0.0692. The lowest BCUT2D eigenvalue weighted by Crippen LogP contribution is -2.52. The molecule has 0 spiro atoms. The number of amides is 1. The van der Waals surface area contributed by atoms with Gasteiger partial charge < -0.3 is 20.5 Å². The second-order valence-corrected chi connectivity index (χ2v) is 5.61. The van der Waals surface area contributed by atoms with E-state index >= 15 is 0 Å². The molecule has 1 amide bonds. The Morgan fingerprint density at radius 3 is 2.90 bits per heavy atom. The normalized spacial score (nSPS) is 20.5. The predicted molar refractivity (Wildman–Crippen MR) is 80.7 cm³/mol. The molecule has 3 N–H and O–H groups in total. The van der Waals surface area contributed by atoms with E-state index in [0.29, 0.717) is 17.4 Å². The maximum atomic E-state index is 12.6. The van der Waals surface area contributed by atoms with Gasteiger partial charge in [0.15, 0.2) is 0 Å². The van der Waals surface area contributed by atoms with Crippen molar-refractivity contribution in [3.63, 3.8) is 0 Å². The first-order valence-electron chi connectivity index (χ1n) is 6.92. The topological polar surface area (TPSA) is 65.4 Å². The SMILES string of the molecule is CC1CN(C(=O)c2cc3cc(N)ccc3[nH]2)CCN1C. The molecule has 1 unspecified atom stereocenters. The van der Waals surface area contributed by atoms with E-state index < -0.39 is 0 Å². The largest absolute Gasteiger partial charge is 0.399 e. The summed E-state index contributed by atoms with van der Waals surface area (Å²) >= 11 is 0. The Kier molecular flexibility index (Phi) is 3.14. The van der Waals surface area contributed by atoms with Crippen LogP contribution in [0, 0.1) is 0 Å². The van der Waals surface area contributed by atoms with Crippen LogP contribution in [0.15, 0.2) is 24.3 Å². The van der Waals surface area contributed by atoms with Crippen molar-refractivity contribution in [2.75, 3.05) is 32.4 Å². The van der Waals surface area contributed by atoms with Crippen LogP contribution in [0.4, 0.5) is 5.69 Å². The number of H-pyrrole nitrogens is 1. The van der Waals surface area contributed by atoms with E-state index in [0.717, 1.165) is 30.5 Å². The van der Waals surface area contributed by atoms with Crippen molar-refractivity contribution in [1.29, 1.82) is 0 Å². The summed E-state index contributed by atoms with van der Waals surface area (Å²) in [4.78, 5) is 19.9. The van der Waals surface area contributed by atoms with E-state index in [1.165, 1.54) is 0 Å². The number of hydrogen-bond donors (Lipinski definition) is 2. The number of piperazine rings is 1. The van der Waals surface area contributed by atoms with Gasteiger partial charge in [-0.3, -0.25) is 4.79 Å². The molecule has 1 aromatic carbocycles. The number of benzene rings is 1. The second kappa shape index (κ2) is 4.83. The summed E-state index contributed by atoms with van der Waals surface area (Å²) in [6.45, 7) is 4.61. The van der Waals surface area contributed by atoms with Gasteiger partial charge in [-0.1, -0.05) is 0 Å². The molecule has 1 atom stereocenters. The molecule has 0 aliphatic carbocycles. The number of nitrogens with one attached hydrogen (secondary N) is 1. The van der Waals surface area contributed by atoms with Gasteiger partial charge in [0.05, 0.1) is 0 Å². The number of nitrogen functional groups attached to an aromatic ring is 1. The molecule has 2 heterocycles. The fourth-order valence-corrected chi connectivity index (χ4v) is 2.67. The zero-order valence-corrected chi connectivity index (χ0v) is 11.9. The number of rotatable bonds is 1. The van der Waals surface area contributed by atoms with Crippen molar-refractivity contribution in [3.8, 4) is 0 Å². The number of aromatic nitrogens is 1. The number of anilines is 1. The van der Waals surface area contributed by atoms with Crippen LogP contribution in [0.2, 0.25) is 0 Å². The van der Waals surface area contributed by atoms with Gasteiger partial charge in [0.2, 0.25) is 0 Å². The average Bonchev–Trinajstić information content (AvgIpc) is 2.84. The first-order chi connectivity index (χ1) is 9.54. The lowest BCUT2D eigenvalue weighted by atomic mass is 10.2. The van der Waals surface area contributed by atoms with Crippen molar-refractivity contribution in [1.82, 2.24) is 14.8 Å². The standard InChI is InChI=1S/C15H20N4O/c1-10-9-19(6-5-18(10)2)15(20)14-8-11-7-12(16)3-4-13(11)17-14/h3-4,7-8,10,17H,5-6,9,16H2,1-2H3. The maximum Gasteiger partial charge on any atom is 0.270 e. The number of likely N-dealkylation sites (N-methyl/N-ethyl adjacent to an activating group) is 1. The summed E-state index contributed by atoms with van der Waals surface area (Å²) < 4.78 is 0. The zero-order valence-electron chi connectivity index (χ0n) is 11.9. The van der Waals surface area contributed by atoms with Crippen LogP contribution in [0.1, 0.15) is 17.4 Å². The number of hydrogen-bond acceptors (Lipinski definition) is 3. The average molecular weight is 272 g/mol. The molecule has 1 aliphatic rings. The predicted octanol–water partition coefficient (Wildman–Crippen LogP) is 1.53. The molecule has 0 saturated carbocycles. The zero-order chi connectivity index (χ0) is 14.3. The van der Waals surface area contributed by atoms with Crippen LogP contribution in [0.3, 0.4) is 0 Å². The molecule has 1 fully saturated rings. The van der Waals surface area contributed by atoms with Crippen molar-refractivity contribution >= 4 is 22.5 Å². The number of nitrogens with two attached hydrogens (primary N) is 1. The van der Waals surface area contributed by atoms with Gasteiger partial charge in [-0.25, -0.2) is 0 Å². The van der Waals surface area contributed by atoms with Gasteiger partial charge in [0.1, 0.15) is 5.69 Å². The Morgan fingerprint density at radius 2 is 2.15 bits per heavy atom. The Bertz CT molecular complexity index is 648. The van der Waals surface area contributed by atoms with E-state index in [1.807, 2.05) is 29.2 Å². The van der Waals surface area contributed by atoms with E-state index in [2.05, 4.69) is 23.9 Å². The Labute approximate surface area is 118 Å². The summed E-state index contributed by atoms with van der Waals surface area (Å²) in [7, 11) is 2.10. The summed E-state index contributed by atoms with van der Waals surface area (Å²) in [6, 6.07) is 7.92. The second-order valence-electron chi connectivity index (χ2n) is 5.61. The molecular weight excluding hydrogens is 252 g/mol. The van der Waals surface area contributed by atoms with Crippen molar-refractivity contribution in [3.05, 3.63) is 30.0 Å². The summed E-state index contributed by atoms with van der Waals surface area (Å²) in [5, 5.41) is 0.982. The minimum absolute atomic E-state index is 0.0692. The highest BCUT2D eigenvalue weighted by atomic mass is 16.2. The number of aromatic amines is 1. The first kappa shape index (κ1) is 13.0. The van der Waals surface area contributed by atoms with Crippen LogP contribution in [0.5, 0.6) is 0 Å². The highest BCUT2D eigenvalue weighted by Gasteiger charge is 2.25. The third-order valence-electron chi connectivity index (χ3n) is 4.12. The van der Waals surface area contributed by atoms with E-state index in [1.54, 1.807) is 0 Å². The van der Waals surface area contributed by atoms with Gasteiger partial charge in [0, 0.05) is 42.3 Å². The lowest BCUT2D eigenvalue weighted by molar-refractivity contribution is 0.0568. The minimum Gasteiger partial charge on any atom is -0.399 e. The number of nitrogens with zero attached hydrogens (tertiary/aromatic N) is 2. The molecule has 2 aromatic rings. The third kappa shape index (κ3) is 2.25. The van der Waals surface area contributed by atoms with Crippen LogP contribution < -0.4 is 5.73 Å². The molecule has 5 heteroatoms. The summed E-state index contributed by atoms with van der Waals surface area (Å²) in [6.07, 6.45) is 0. The van der Waals surface area contributed by atoms with Crippen LogP contribution >= 0.6 is 0 Å². The Balaban J connectivity index is 1.85. The van der Waals surface area contributed by atoms with Gasteiger partial charge in [-0.2, -0.15) is 0 Å². The molecule has 106 valence electrons. The van der Waals surface area contributed by atoms with Gasteiger partial charge >= 0.3 is 0 Å². The molecule has 0 bridgehead atoms. The van der Waals surface area contributed by atoms with Gasteiger partial charge in [-0.05, 0) is 38.2 Å². The summed E-state index contributed by atoms with van der Waals surface area (Å²) in [5.41, 5.74) is 8.07. The van der Waals surface area contributed by atoms with E-state index in [4.69, 9.17) is 5.73 Å². The third-order valence-corrected chi connectivity index (χ3v) is 4.12. The molecule has 1 saturated heterocycles. The molecule has 1 aliphatic heterocycles. The number of carbonyl (C=O) groups is 1. The van der Waals surface area contributed by atoms with E-state index in [9.17, 15) is 4.79 Å².